The van der Waals surface area contributed by atoms with E-state index in [0.29, 0.717) is 22.5 Å². The van der Waals surface area contributed by atoms with Crippen LogP contribution in [0.4, 0.5) is 28.8 Å². The zero-order valence-corrected chi connectivity index (χ0v) is 20.9. The van der Waals surface area contributed by atoms with Gasteiger partial charge >= 0.3 is 0 Å². The second kappa shape index (κ2) is 11.4. The van der Waals surface area contributed by atoms with E-state index >= 15 is 0 Å². The summed E-state index contributed by atoms with van der Waals surface area (Å²) in [6.07, 6.45) is 4.92. The number of hydrogen-bond acceptors (Lipinski definition) is 8. The fourth-order valence-electron chi connectivity index (χ4n) is 4.00. The van der Waals surface area contributed by atoms with Crippen molar-refractivity contribution in [2.24, 2.45) is 0 Å². The Balaban J connectivity index is 1.35. The highest BCUT2D eigenvalue weighted by Gasteiger charge is 2.13. The lowest BCUT2D eigenvalue weighted by atomic mass is 10.2. The van der Waals surface area contributed by atoms with E-state index in [2.05, 4.69) is 37.5 Å². The van der Waals surface area contributed by atoms with Crippen molar-refractivity contribution in [2.45, 2.75) is 6.54 Å². The molecule has 1 aliphatic heterocycles. The zero-order valence-electron chi connectivity index (χ0n) is 20.2. The van der Waals surface area contributed by atoms with Crippen LogP contribution in [-0.2, 0) is 16.1 Å². The van der Waals surface area contributed by atoms with E-state index in [9.17, 15) is 4.79 Å². The van der Waals surface area contributed by atoms with E-state index in [1.165, 1.54) is 6.08 Å². The number of halogens is 1. The summed E-state index contributed by atoms with van der Waals surface area (Å²) in [4.78, 5) is 23.4. The normalized spacial score (nSPS) is 13.9. The Kier molecular flexibility index (Phi) is 7.59. The quantitative estimate of drug-likeness (QED) is 0.279. The number of hydrogen-bond donors (Lipinski definition) is 3. The van der Waals surface area contributed by atoms with E-state index in [1.807, 2.05) is 41.2 Å². The lowest BCUT2D eigenvalue weighted by Gasteiger charge is -2.26. The van der Waals surface area contributed by atoms with E-state index < -0.39 is 0 Å². The summed E-state index contributed by atoms with van der Waals surface area (Å²) >= 11 is 6.27. The highest BCUT2D eigenvalue weighted by molar-refractivity contribution is 6.31. The molecule has 11 heteroatoms. The van der Waals surface area contributed by atoms with Crippen LogP contribution in [-0.4, -0.2) is 63.4 Å². The molecule has 1 aliphatic rings. The Hall–Kier alpha value is -3.99. The van der Waals surface area contributed by atoms with Gasteiger partial charge in [0.1, 0.15) is 5.82 Å². The number of aromatic nitrogens is 4. The van der Waals surface area contributed by atoms with Crippen LogP contribution in [0.1, 0.15) is 0 Å². The first-order chi connectivity index (χ1) is 18.1. The molecule has 1 fully saturated rings. The van der Waals surface area contributed by atoms with Crippen LogP contribution >= 0.6 is 11.6 Å². The molecular formula is C26H27ClN8O2. The van der Waals surface area contributed by atoms with Gasteiger partial charge in [0.05, 0.1) is 37.2 Å². The second-order valence-corrected chi connectivity index (χ2v) is 8.96. The number of fused-ring (bicyclic) bond motifs is 1. The third-order valence-corrected chi connectivity index (χ3v) is 6.11. The molecule has 0 saturated carbocycles. The van der Waals surface area contributed by atoms with Crippen LogP contribution in [0.15, 0.2) is 67.5 Å². The van der Waals surface area contributed by atoms with Gasteiger partial charge in [0.15, 0.2) is 0 Å². The van der Waals surface area contributed by atoms with E-state index in [4.69, 9.17) is 21.3 Å². The molecule has 10 nitrogen and oxygen atoms in total. The minimum absolute atomic E-state index is 0.284. The molecule has 3 heterocycles. The van der Waals surface area contributed by atoms with Crippen LogP contribution in [0.3, 0.4) is 0 Å². The number of benzene rings is 2. The van der Waals surface area contributed by atoms with Crippen molar-refractivity contribution in [1.29, 1.82) is 0 Å². The predicted octanol–water partition coefficient (Wildman–Crippen LogP) is 4.42. The first-order valence-electron chi connectivity index (χ1n) is 11.9. The molecule has 4 aromatic rings. The average Bonchev–Trinajstić information content (AvgIpc) is 3.36. The first-order valence-corrected chi connectivity index (χ1v) is 12.3. The Morgan fingerprint density at radius 1 is 1.05 bits per heavy atom. The summed E-state index contributed by atoms with van der Waals surface area (Å²) < 4.78 is 7.31. The van der Waals surface area contributed by atoms with Crippen LogP contribution in [0.25, 0.3) is 10.9 Å². The summed E-state index contributed by atoms with van der Waals surface area (Å²) in [5, 5.41) is 15.2. The maximum Gasteiger partial charge on any atom is 0.247 e. The van der Waals surface area contributed by atoms with Gasteiger partial charge < -0.3 is 20.7 Å². The molecule has 0 atom stereocenters. The largest absolute Gasteiger partial charge is 0.379 e. The number of morpholine rings is 1. The number of ether oxygens (including phenoxy) is 1. The molecule has 1 amide bonds. The molecule has 0 radical (unpaired) electrons. The number of amides is 1. The number of carbonyl (C=O) groups excluding carboxylic acids is 1. The molecule has 2 aromatic heterocycles. The van der Waals surface area contributed by atoms with Crippen molar-refractivity contribution in [3.05, 3.63) is 72.5 Å². The summed E-state index contributed by atoms with van der Waals surface area (Å²) in [7, 11) is 0. The molecule has 3 N–H and O–H groups in total. The summed E-state index contributed by atoms with van der Waals surface area (Å²) in [6.45, 7) is 8.63. The Labute approximate surface area is 219 Å². The molecule has 2 aromatic carbocycles. The molecule has 37 heavy (non-hydrogen) atoms. The van der Waals surface area contributed by atoms with Crippen molar-refractivity contribution in [1.82, 2.24) is 24.6 Å². The van der Waals surface area contributed by atoms with Crippen molar-refractivity contribution < 1.29 is 9.53 Å². The Bertz CT molecular complexity index is 1420. The first kappa shape index (κ1) is 24.7. The Morgan fingerprint density at radius 3 is 2.73 bits per heavy atom. The van der Waals surface area contributed by atoms with Crippen LogP contribution < -0.4 is 16.0 Å². The molecule has 0 spiro atoms. The highest BCUT2D eigenvalue weighted by atomic mass is 35.5. The van der Waals surface area contributed by atoms with Gasteiger partial charge in [-0.2, -0.15) is 10.1 Å². The van der Waals surface area contributed by atoms with Gasteiger partial charge in [-0.1, -0.05) is 24.2 Å². The smallest absolute Gasteiger partial charge is 0.247 e. The lowest BCUT2D eigenvalue weighted by molar-refractivity contribution is -0.111. The van der Waals surface area contributed by atoms with Crippen LogP contribution in [0.2, 0.25) is 5.02 Å². The van der Waals surface area contributed by atoms with Crippen molar-refractivity contribution in [3.63, 3.8) is 0 Å². The minimum Gasteiger partial charge on any atom is -0.379 e. The fourth-order valence-corrected chi connectivity index (χ4v) is 4.18. The SMILES string of the molecule is C=CC(=O)Nc1cccc(Nc2nc(Nc3cnn(CCN4CCOCC4)c3)nc3ccc(Cl)cc23)c1. The predicted molar refractivity (Wildman–Crippen MR) is 146 cm³/mol. The number of anilines is 5. The molecule has 1 saturated heterocycles. The number of rotatable bonds is 9. The van der Waals surface area contributed by atoms with Crippen molar-refractivity contribution >= 4 is 57.2 Å². The molecule has 5 rings (SSSR count). The molecule has 0 aliphatic carbocycles. The van der Waals surface area contributed by atoms with Gasteiger partial charge in [0.25, 0.3) is 0 Å². The second-order valence-electron chi connectivity index (χ2n) is 8.53. The molecule has 0 bridgehead atoms. The summed E-state index contributed by atoms with van der Waals surface area (Å²) in [5.74, 6) is 0.705. The van der Waals surface area contributed by atoms with Gasteiger partial charge in [-0.3, -0.25) is 14.4 Å². The highest BCUT2D eigenvalue weighted by Crippen LogP contribution is 2.29. The van der Waals surface area contributed by atoms with Crippen LogP contribution in [0, 0.1) is 0 Å². The van der Waals surface area contributed by atoms with E-state index in [-0.39, 0.29) is 5.91 Å². The topological polar surface area (TPSA) is 109 Å². The standard InChI is InChI=1S/C26H27ClN8O2/c1-2-24(36)29-19-4-3-5-20(15-19)30-25-22-14-18(27)6-7-23(22)32-26(33-25)31-21-16-28-35(17-21)9-8-34-10-12-37-13-11-34/h2-7,14-17H,1,8-13H2,(H,29,36)(H2,30,31,32,33). The van der Waals surface area contributed by atoms with E-state index in [1.54, 1.807) is 18.3 Å². The summed E-state index contributed by atoms with van der Waals surface area (Å²) in [5.41, 5.74) is 2.88. The molecule has 190 valence electrons. The van der Waals surface area contributed by atoms with E-state index in [0.717, 1.165) is 61.7 Å². The number of nitrogens with one attached hydrogen (secondary N) is 3. The van der Waals surface area contributed by atoms with Crippen molar-refractivity contribution in [3.8, 4) is 0 Å². The minimum atomic E-state index is -0.284. The van der Waals surface area contributed by atoms with Crippen molar-refractivity contribution in [2.75, 3.05) is 48.8 Å². The number of carbonyl (C=O) groups is 1. The zero-order chi connectivity index (χ0) is 25.6. The summed E-state index contributed by atoms with van der Waals surface area (Å²) in [6, 6.07) is 12.8. The van der Waals surface area contributed by atoms with Gasteiger partial charge in [-0.25, -0.2) is 4.98 Å². The van der Waals surface area contributed by atoms with Gasteiger partial charge in [-0.05, 0) is 42.5 Å². The molecule has 0 unspecified atom stereocenters. The van der Waals surface area contributed by atoms with Crippen LogP contribution in [0.5, 0.6) is 0 Å². The maximum atomic E-state index is 11.7. The maximum absolute atomic E-state index is 11.7. The van der Waals surface area contributed by atoms with Gasteiger partial charge in [0, 0.05) is 47.6 Å². The van der Waals surface area contributed by atoms with Gasteiger partial charge in [0.2, 0.25) is 11.9 Å². The average molecular weight is 519 g/mol. The third-order valence-electron chi connectivity index (χ3n) is 5.87. The Morgan fingerprint density at radius 2 is 1.89 bits per heavy atom. The monoisotopic (exact) mass is 518 g/mol. The van der Waals surface area contributed by atoms with Gasteiger partial charge in [-0.15, -0.1) is 0 Å². The lowest BCUT2D eigenvalue weighted by Crippen LogP contribution is -2.38. The molecular weight excluding hydrogens is 492 g/mol. The third kappa shape index (κ3) is 6.42. The fraction of sp³-hybridized carbons (Fsp3) is 0.231. The number of nitrogens with zero attached hydrogens (tertiary/aromatic N) is 5.